The van der Waals surface area contributed by atoms with Crippen molar-refractivity contribution in [2.24, 2.45) is 0 Å². The second-order valence-electron chi connectivity index (χ2n) is 6.25. The Balaban J connectivity index is 0.000000479. The predicted molar refractivity (Wildman–Crippen MR) is 93.7 cm³/mol. The lowest BCUT2D eigenvalue weighted by atomic mass is 9.97. The van der Waals surface area contributed by atoms with Crippen LogP contribution in [0.15, 0.2) is 48.7 Å². The maximum Gasteiger partial charge on any atom is 0.490 e. The number of aliphatic carboxylic acids is 1. The van der Waals surface area contributed by atoms with Crippen molar-refractivity contribution in [1.82, 2.24) is 9.97 Å². The molecule has 33 heavy (non-hydrogen) atoms. The van der Waals surface area contributed by atoms with Crippen LogP contribution < -0.4 is 0 Å². The lowest BCUT2D eigenvalue weighted by molar-refractivity contribution is -0.192. The van der Waals surface area contributed by atoms with Crippen molar-refractivity contribution >= 4 is 16.9 Å². The van der Waals surface area contributed by atoms with Gasteiger partial charge in [0.05, 0.1) is 16.8 Å². The third kappa shape index (κ3) is 6.31. The van der Waals surface area contributed by atoms with Crippen LogP contribution in [-0.2, 0) is 17.1 Å². The van der Waals surface area contributed by atoms with Gasteiger partial charge in [-0.25, -0.2) is 9.78 Å². The van der Waals surface area contributed by atoms with Crippen molar-refractivity contribution in [2.45, 2.75) is 24.6 Å². The molecule has 0 amide bonds. The summed E-state index contributed by atoms with van der Waals surface area (Å²) in [6.07, 6.45) is -15.3. The lowest BCUT2D eigenvalue weighted by Crippen LogP contribution is -2.21. The van der Waals surface area contributed by atoms with E-state index in [1.807, 2.05) is 0 Å². The minimum absolute atomic E-state index is 0.00513. The van der Waals surface area contributed by atoms with Gasteiger partial charge in [0.2, 0.25) is 0 Å². The van der Waals surface area contributed by atoms with Crippen LogP contribution in [0.1, 0.15) is 28.6 Å². The Bertz CT molecular complexity index is 1130. The number of fused-ring (bicyclic) bond motifs is 1. The third-order valence-corrected chi connectivity index (χ3v) is 3.97. The smallest absolute Gasteiger partial charge is 0.475 e. The molecule has 0 saturated carbocycles. The average molecular weight is 486 g/mol. The molecule has 0 spiro atoms. The van der Waals surface area contributed by atoms with E-state index >= 15 is 0 Å². The molecule has 1 atom stereocenters. The number of alkyl halides is 9. The highest BCUT2D eigenvalue weighted by Gasteiger charge is 2.39. The first-order valence-electron chi connectivity index (χ1n) is 8.50. The summed E-state index contributed by atoms with van der Waals surface area (Å²) in [6.45, 7) is 0. The first-order valence-corrected chi connectivity index (χ1v) is 8.50. The molecular formula is C19H11F9N2O3. The fourth-order valence-corrected chi connectivity index (χ4v) is 2.57. The number of para-hydroxylation sites is 1. The Labute approximate surface area is 178 Å². The Morgan fingerprint density at radius 2 is 1.48 bits per heavy atom. The minimum atomic E-state index is -5.08. The number of carboxylic acids is 1. The van der Waals surface area contributed by atoms with Gasteiger partial charge in [0.15, 0.2) is 0 Å². The highest BCUT2D eigenvalue weighted by atomic mass is 19.4. The van der Waals surface area contributed by atoms with E-state index in [-0.39, 0.29) is 16.6 Å². The molecule has 0 aliphatic carbocycles. The zero-order valence-corrected chi connectivity index (χ0v) is 15.8. The third-order valence-electron chi connectivity index (χ3n) is 3.97. The SMILES string of the molecule is O=C(O)C(F)(F)F.OC(c1ccccn1)c1cc(C(F)(F)F)nc2c(C(F)(F)F)cccc12. The minimum Gasteiger partial charge on any atom is -0.475 e. The molecule has 14 heteroatoms. The Kier molecular flexibility index (Phi) is 7.21. The zero-order valence-electron chi connectivity index (χ0n) is 15.8. The van der Waals surface area contributed by atoms with E-state index in [2.05, 4.69) is 9.97 Å². The summed E-state index contributed by atoms with van der Waals surface area (Å²) in [5, 5.41) is 17.3. The lowest BCUT2D eigenvalue weighted by Gasteiger charge is -2.18. The van der Waals surface area contributed by atoms with E-state index in [0.717, 1.165) is 6.07 Å². The number of carbonyl (C=O) groups is 1. The fraction of sp³-hybridized carbons (Fsp3) is 0.211. The zero-order chi connectivity index (χ0) is 25.2. The van der Waals surface area contributed by atoms with Gasteiger partial charge < -0.3 is 10.2 Å². The number of halogens is 9. The van der Waals surface area contributed by atoms with E-state index in [4.69, 9.17) is 9.90 Å². The first kappa shape index (κ1) is 25.8. The van der Waals surface area contributed by atoms with Gasteiger partial charge in [0, 0.05) is 11.6 Å². The van der Waals surface area contributed by atoms with Gasteiger partial charge in [-0.2, -0.15) is 39.5 Å². The van der Waals surface area contributed by atoms with E-state index < -0.39 is 47.4 Å². The van der Waals surface area contributed by atoms with Crippen LogP contribution in [0.2, 0.25) is 0 Å². The molecule has 0 aliphatic heterocycles. The second-order valence-corrected chi connectivity index (χ2v) is 6.25. The van der Waals surface area contributed by atoms with Crippen molar-refractivity contribution in [1.29, 1.82) is 0 Å². The maximum absolute atomic E-state index is 13.2. The van der Waals surface area contributed by atoms with Crippen molar-refractivity contribution in [3.05, 3.63) is 71.2 Å². The molecule has 1 unspecified atom stereocenters. The van der Waals surface area contributed by atoms with E-state index in [0.29, 0.717) is 12.1 Å². The largest absolute Gasteiger partial charge is 0.490 e. The molecule has 2 N–H and O–H groups in total. The van der Waals surface area contributed by atoms with E-state index in [1.165, 1.54) is 30.5 Å². The molecule has 5 nitrogen and oxygen atoms in total. The summed E-state index contributed by atoms with van der Waals surface area (Å²) in [5.74, 6) is -2.76. The summed E-state index contributed by atoms with van der Waals surface area (Å²) < 4.78 is 111. The molecular weight excluding hydrogens is 475 g/mol. The molecule has 0 fully saturated rings. The molecule has 178 valence electrons. The summed E-state index contributed by atoms with van der Waals surface area (Å²) in [5.41, 5.74) is -4.06. The summed E-state index contributed by atoms with van der Waals surface area (Å²) in [4.78, 5) is 15.9. The topological polar surface area (TPSA) is 83.3 Å². The van der Waals surface area contributed by atoms with Gasteiger partial charge in [0.1, 0.15) is 11.8 Å². The maximum atomic E-state index is 13.2. The van der Waals surface area contributed by atoms with Crippen LogP contribution in [-0.4, -0.2) is 32.3 Å². The number of aromatic nitrogens is 2. The Morgan fingerprint density at radius 3 is 1.94 bits per heavy atom. The molecule has 2 heterocycles. The van der Waals surface area contributed by atoms with Gasteiger partial charge in [0.25, 0.3) is 0 Å². The normalized spacial score (nSPS) is 13.3. The number of pyridine rings is 2. The number of benzene rings is 1. The number of nitrogens with zero attached hydrogens (tertiary/aromatic N) is 2. The number of aliphatic hydroxyl groups is 1. The van der Waals surface area contributed by atoms with Crippen molar-refractivity contribution in [3.8, 4) is 0 Å². The Morgan fingerprint density at radius 1 is 0.879 bits per heavy atom. The van der Waals surface area contributed by atoms with Crippen LogP contribution >= 0.6 is 0 Å². The predicted octanol–water partition coefficient (Wildman–Crippen LogP) is 5.38. The van der Waals surface area contributed by atoms with Gasteiger partial charge in [-0.3, -0.25) is 4.98 Å². The standard InChI is InChI=1S/C17H10F6N2O.C2HF3O2/c18-16(19,20)11-5-3-4-9-10(15(26)12-6-1-2-7-24-12)8-13(17(21,22)23)25-14(9)11;3-2(4,5)1(6)7/h1-8,15,26H;(H,6,7). The molecule has 3 rings (SSSR count). The molecule has 2 aromatic heterocycles. The van der Waals surface area contributed by atoms with Crippen molar-refractivity contribution < 1.29 is 54.5 Å². The Hall–Kier alpha value is -3.42. The first-order chi connectivity index (χ1) is 15.0. The number of hydrogen-bond donors (Lipinski definition) is 2. The summed E-state index contributed by atoms with van der Waals surface area (Å²) in [6, 6.07) is 7.81. The highest BCUT2D eigenvalue weighted by Crippen LogP contribution is 2.39. The van der Waals surface area contributed by atoms with Crippen LogP contribution in [0.5, 0.6) is 0 Å². The molecule has 3 aromatic rings. The molecule has 0 aliphatic rings. The van der Waals surface area contributed by atoms with Crippen LogP contribution in [0.4, 0.5) is 39.5 Å². The quantitative estimate of drug-likeness (QED) is 0.476. The summed E-state index contributed by atoms with van der Waals surface area (Å²) >= 11 is 0. The molecule has 0 radical (unpaired) electrons. The van der Waals surface area contributed by atoms with Crippen molar-refractivity contribution in [3.63, 3.8) is 0 Å². The van der Waals surface area contributed by atoms with Crippen LogP contribution in [0.3, 0.4) is 0 Å². The van der Waals surface area contributed by atoms with E-state index in [9.17, 15) is 44.6 Å². The second kappa shape index (κ2) is 9.21. The van der Waals surface area contributed by atoms with Crippen molar-refractivity contribution in [2.75, 3.05) is 0 Å². The van der Waals surface area contributed by atoms with Gasteiger partial charge >= 0.3 is 24.5 Å². The molecule has 1 aromatic carbocycles. The molecule has 0 saturated heterocycles. The number of rotatable bonds is 2. The van der Waals surface area contributed by atoms with Crippen LogP contribution in [0.25, 0.3) is 10.9 Å². The monoisotopic (exact) mass is 486 g/mol. The van der Waals surface area contributed by atoms with Gasteiger partial charge in [-0.1, -0.05) is 18.2 Å². The summed E-state index contributed by atoms with van der Waals surface area (Å²) in [7, 11) is 0. The van der Waals surface area contributed by atoms with Gasteiger partial charge in [-0.15, -0.1) is 0 Å². The van der Waals surface area contributed by atoms with Crippen LogP contribution in [0, 0.1) is 0 Å². The fourth-order valence-electron chi connectivity index (χ4n) is 2.57. The number of hydrogen-bond acceptors (Lipinski definition) is 4. The molecule has 0 bridgehead atoms. The highest BCUT2D eigenvalue weighted by molar-refractivity contribution is 5.86. The number of aliphatic hydroxyl groups excluding tert-OH is 1. The van der Waals surface area contributed by atoms with E-state index in [1.54, 1.807) is 0 Å². The average Bonchev–Trinajstić information content (AvgIpc) is 2.71. The van der Waals surface area contributed by atoms with Gasteiger partial charge in [-0.05, 0) is 29.8 Å². The number of carboxylic acid groups (broad SMARTS) is 1.